The van der Waals surface area contributed by atoms with Gasteiger partial charge >= 0.3 is 0 Å². The van der Waals surface area contributed by atoms with Crippen LogP contribution in [0.2, 0.25) is 5.02 Å². The van der Waals surface area contributed by atoms with Gasteiger partial charge in [-0.3, -0.25) is 14.5 Å². The summed E-state index contributed by atoms with van der Waals surface area (Å²) in [5.74, 6) is -0.366. The monoisotopic (exact) mass is 416 g/mol. The first-order chi connectivity index (χ1) is 12.9. The number of thiocarbonyl (C=S) groups is 1. The lowest BCUT2D eigenvalue weighted by Gasteiger charge is -2.14. The minimum atomic E-state index is -0.200. The van der Waals surface area contributed by atoms with Crippen molar-refractivity contribution in [2.24, 2.45) is 0 Å². The lowest BCUT2D eigenvalue weighted by Crippen LogP contribution is -2.31. The largest absolute Gasteiger partial charge is 0.326 e. The van der Waals surface area contributed by atoms with Gasteiger partial charge in [-0.1, -0.05) is 71.5 Å². The van der Waals surface area contributed by atoms with Crippen LogP contribution in [-0.4, -0.2) is 27.6 Å². The van der Waals surface area contributed by atoms with Gasteiger partial charge in [0.2, 0.25) is 5.91 Å². The van der Waals surface area contributed by atoms with E-state index in [4.69, 9.17) is 23.8 Å². The minimum Gasteiger partial charge on any atom is -0.326 e. The second kappa shape index (κ2) is 8.69. The molecule has 0 saturated carbocycles. The fourth-order valence-corrected chi connectivity index (χ4v) is 4.01. The average Bonchev–Trinajstić information content (AvgIpc) is 2.88. The third kappa shape index (κ3) is 5.19. The second-order valence-corrected chi connectivity index (χ2v) is 8.16. The summed E-state index contributed by atoms with van der Waals surface area (Å²) in [6.07, 6.45) is 1.97. The molecular weight excluding hydrogens is 400 g/mol. The van der Waals surface area contributed by atoms with Gasteiger partial charge in [0.05, 0.1) is 4.91 Å². The summed E-state index contributed by atoms with van der Waals surface area (Å²) in [5, 5.41) is 3.31. The fourth-order valence-electron chi connectivity index (χ4n) is 2.51. The quantitative estimate of drug-likeness (QED) is 0.557. The van der Waals surface area contributed by atoms with Gasteiger partial charge in [-0.25, -0.2) is 0 Å². The molecule has 1 N–H and O–H groups in total. The Kier molecular flexibility index (Phi) is 6.31. The maximum Gasteiger partial charge on any atom is 0.266 e. The van der Waals surface area contributed by atoms with Crippen molar-refractivity contribution >= 4 is 63.5 Å². The summed E-state index contributed by atoms with van der Waals surface area (Å²) in [6.45, 7) is 2.25. The van der Waals surface area contributed by atoms with Crippen LogP contribution < -0.4 is 5.32 Å². The molecule has 0 spiro atoms. The molecular formula is C20H17ClN2O2S2. The van der Waals surface area contributed by atoms with E-state index < -0.39 is 0 Å². The van der Waals surface area contributed by atoms with Crippen LogP contribution in [0.4, 0.5) is 5.69 Å². The number of anilines is 1. The first-order valence-electron chi connectivity index (χ1n) is 8.30. The van der Waals surface area contributed by atoms with E-state index in [0.717, 1.165) is 11.1 Å². The van der Waals surface area contributed by atoms with E-state index in [9.17, 15) is 9.59 Å². The molecule has 1 saturated heterocycles. The molecule has 0 atom stereocenters. The Balaban J connectivity index is 1.60. The Morgan fingerprint density at radius 3 is 2.70 bits per heavy atom. The summed E-state index contributed by atoms with van der Waals surface area (Å²) >= 11 is 12.5. The van der Waals surface area contributed by atoms with Crippen LogP contribution in [0.1, 0.15) is 17.5 Å². The standard InChI is InChI=1S/C20H17ClN2O2S2/c1-13-5-7-14(8-6-13)11-17-19(25)23(20(26)27-17)10-9-18(24)22-16-4-2-3-15(21)12-16/h2-8,11-12H,9-10H2,1H3,(H,22,24)/b17-11-. The SMILES string of the molecule is Cc1ccc(/C=C2\SC(=S)N(CCC(=O)Nc3cccc(Cl)c3)C2=O)cc1. The van der Waals surface area contributed by atoms with Crippen LogP contribution in [0.25, 0.3) is 6.08 Å². The van der Waals surface area contributed by atoms with Crippen molar-refractivity contribution in [3.05, 3.63) is 69.6 Å². The van der Waals surface area contributed by atoms with E-state index in [1.165, 1.54) is 16.7 Å². The number of carbonyl (C=O) groups excluding carboxylic acids is 2. The van der Waals surface area contributed by atoms with Gasteiger partial charge in [0.1, 0.15) is 4.32 Å². The minimum absolute atomic E-state index is 0.150. The molecule has 1 heterocycles. The first-order valence-corrected chi connectivity index (χ1v) is 9.90. The fraction of sp³-hybridized carbons (Fsp3) is 0.150. The van der Waals surface area contributed by atoms with Gasteiger partial charge in [-0.15, -0.1) is 0 Å². The number of halogens is 1. The highest BCUT2D eigenvalue weighted by Gasteiger charge is 2.32. The maximum atomic E-state index is 12.6. The molecule has 3 rings (SSSR count). The van der Waals surface area contributed by atoms with Gasteiger partial charge < -0.3 is 5.32 Å². The maximum absolute atomic E-state index is 12.6. The number of aryl methyl sites for hydroxylation is 1. The molecule has 0 aromatic heterocycles. The Bertz CT molecular complexity index is 926. The number of rotatable bonds is 5. The smallest absolute Gasteiger partial charge is 0.266 e. The number of benzene rings is 2. The number of nitrogens with zero attached hydrogens (tertiary/aromatic N) is 1. The number of amides is 2. The van der Waals surface area contributed by atoms with E-state index in [0.29, 0.717) is 19.9 Å². The molecule has 0 bridgehead atoms. The summed E-state index contributed by atoms with van der Waals surface area (Å²) < 4.78 is 0.467. The predicted molar refractivity (Wildman–Crippen MR) is 116 cm³/mol. The molecule has 1 aliphatic heterocycles. The Morgan fingerprint density at radius 2 is 2.00 bits per heavy atom. The van der Waals surface area contributed by atoms with Crippen molar-refractivity contribution in [1.82, 2.24) is 4.90 Å². The molecule has 2 aromatic rings. The highest BCUT2D eigenvalue weighted by Crippen LogP contribution is 2.32. The molecule has 1 fully saturated rings. The molecule has 2 aromatic carbocycles. The van der Waals surface area contributed by atoms with Crippen molar-refractivity contribution < 1.29 is 9.59 Å². The summed E-state index contributed by atoms with van der Waals surface area (Å²) in [5.41, 5.74) is 2.72. The van der Waals surface area contributed by atoms with Crippen LogP contribution >= 0.6 is 35.6 Å². The predicted octanol–water partition coefficient (Wildman–Crippen LogP) is 4.88. The zero-order valence-corrected chi connectivity index (χ0v) is 17.0. The number of hydrogen-bond acceptors (Lipinski definition) is 4. The van der Waals surface area contributed by atoms with Crippen LogP contribution in [-0.2, 0) is 9.59 Å². The number of nitrogens with one attached hydrogen (secondary N) is 1. The van der Waals surface area contributed by atoms with Gasteiger partial charge in [-0.05, 0) is 36.8 Å². The first kappa shape index (κ1) is 19.6. The zero-order chi connectivity index (χ0) is 19.4. The summed E-state index contributed by atoms with van der Waals surface area (Å²) in [4.78, 5) is 26.8. The third-order valence-corrected chi connectivity index (χ3v) is 5.53. The van der Waals surface area contributed by atoms with E-state index in [-0.39, 0.29) is 24.8 Å². The third-order valence-electron chi connectivity index (χ3n) is 3.92. The molecule has 0 aliphatic carbocycles. The molecule has 1 aliphatic rings. The van der Waals surface area contributed by atoms with E-state index in [1.807, 2.05) is 37.3 Å². The molecule has 0 radical (unpaired) electrons. The second-order valence-electron chi connectivity index (χ2n) is 6.05. The molecule has 0 unspecified atom stereocenters. The van der Waals surface area contributed by atoms with Crippen molar-refractivity contribution in [3.8, 4) is 0 Å². The van der Waals surface area contributed by atoms with E-state index in [2.05, 4.69) is 5.32 Å². The molecule has 27 heavy (non-hydrogen) atoms. The van der Waals surface area contributed by atoms with Crippen LogP contribution in [0.5, 0.6) is 0 Å². The van der Waals surface area contributed by atoms with Crippen molar-refractivity contribution in [3.63, 3.8) is 0 Å². The highest BCUT2D eigenvalue weighted by molar-refractivity contribution is 8.26. The Labute approximate surface area is 172 Å². The number of thioether (sulfide) groups is 1. The molecule has 138 valence electrons. The molecule has 2 amide bonds. The lowest BCUT2D eigenvalue weighted by atomic mass is 10.1. The zero-order valence-electron chi connectivity index (χ0n) is 14.6. The number of hydrogen-bond donors (Lipinski definition) is 1. The van der Waals surface area contributed by atoms with Gasteiger partial charge in [0.25, 0.3) is 5.91 Å². The van der Waals surface area contributed by atoms with Crippen LogP contribution in [0.3, 0.4) is 0 Å². The average molecular weight is 417 g/mol. The lowest BCUT2D eigenvalue weighted by molar-refractivity contribution is -0.122. The van der Waals surface area contributed by atoms with Crippen molar-refractivity contribution in [2.45, 2.75) is 13.3 Å². The highest BCUT2D eigenvalue weighted by atomic mass is 35.5. The topological polar surface area (TPSA) is 49.4 Å². The van der Waals surface area contributed by atoms with Gasteiger partial charge in [0, 0.05) is 23.7 Å². The normalized spacial score (nSPS) is 15.5. The van der Waals surface area contributed by atoms with Crippen LogP contribution in [0, 0.1) is 6.92 Å². The Morgan fingerprint density at radius 1 is 1.26 bits per heavy atom. The summed E-state index contributed by atoms with van der Waals surface area (Å²) in [6, 6.07) is 14.8. The molecule has 4 nitrogen and oxygen atoms in total. The summed E-state index contributed by atoms with van der Waals surface area (Å²) in [7, 11) is 0. The molecule has 7 heteroatoms. The van der Waals surface area contributed by atoms with E-state index >= 15 is 0 Å². The van der Waals surface area contributed by atoms with Gasteiger partial charge in [0.15, 0.2) is 0 Å². The van der Waals surface area contributed by atoms with E-state index in [1.54, 1.807) is 24.3 Å². The van der Waals surface area contributed by atoms with Crippen LogP contribution in [0.15, 0.2) is 53.4 Å². The Hall–Kier alpha value is -2.15. The van der Waals surface area contributed by atoms with Crippen molar-refractivity contribution in [2.75, 3.05) is 11.9 Å². The van der Waals surface area contributed by atoms with Gasteiger partial charge in [-0.2, -0.15) is 0 Å². The van der Waals surface area contributed by atoms with Crippen molar-refractivity contribution in [1.29, 1.82) is 0 Å². The number of carbonyl (C=O) groups is 2.